The summed E-state index contributed by atoms with van der Waals surface area (Å²) >= 11 is 0. The highest BCUT2D eigenvalue weighted by molar-refractivity contribution is 7.88. The molecule has 2 bridgehead atoms. The third-order valence-electron chi connectivity index (χ3n) is 6.80. The van der Waals surface area contributed by atoms with E-state index in [9.17, 15) is 8.42 Å². The standard InChI is InChI=1S/C24H28N6O2S/c1-28(15-25)21-13-16-5-6-18-19(12-16)20(22(21)26)14-17-4-3-7-27-23(17)24(18)29-8-10-30(11-9-29)33(2,31)32/h3-7,12-15,22,24-25H,8-11,26H2,1-2H3/t22?,24-/m0/s1. The summed E-state index contributed by atoms with van der Waals surface area (Å²) in [6.07, 6.45) is 8.52. The van der Waals surface area contributed by atoms with E-state index in [1.807, 2.05) is 25.4 Å². The quantitative estimate of drug-likeness (QED) is 0.528. The van der Waals surface area contributed by atoms with Crippen LogP contribution in [0.3, 0.4) is 0 Å². The van der Waals surface area contributed by atoms with Crippen molar-refractivity contribution in [3.05, 3.63) is 70.2 Å². The Hall–Kier alpha value is -2.85. The Morgan fingerprint density at radius 1 is 1.18 bits per heavy atom. The molecule has 8 nitrogen and oxygen atoms in total. The molecule has 2 heterocycles. The van der Waals surface area contributed by atoms with Crippen molar-refractivity contribution >= 4 is 34.1 Å². The lowest BCUT2D eigenvalue weighted by molar-refractivity contribution is 0.154. The van der Waals surface area contributed by atoms with Crippen LogP contribution in [0.15, 0.2) is 42.2 Å². The van der Waals surface area contributed by atoms with Gasteiger partial charge in [0.15, 0.2) is 0 Å². The second-order valence-corrected chi connectivity index (χ2v) is 10.8. The summed E-state index contributed by atoms with van der Waals surface area (Å²) in [6, 6.07) is 9.88. The van der Waals surface area contributed by atoms with Crippen molar-refractivity contribution in [1.29, 1.82) is 5.41 Å². The average molecular weight is 465 g/mol. The molecule has 0 spiro atoms. The lowest BCUT2D eigenvalue weighted by Crippen LogP contribution is -2.49. The molecule has 2 atom stereocenters. The fourth-order valence-corrected chi connectivity index (χ4v) is 5.89. The molecule has 3 N–H and O–H groups in total. The molecule has 1 aromatic carbocycles. The number of nitrogens with two attached hydrogens (primary N) is 1. The van der Waals surface area contributed by atoms with Gasteiger partial charge in [0.1, 0.15) is 0 Å². The molecule has 1 aliphatic heterocycles. The fourth-order valence-electron chi connectivity index (χ4n) is 5.06. The minimum Gasteiger partial charge on any atom is -0.338 e. The van der Waals surface area contributed by atoms with Crippen molar-refractivity contribution in [2.45, 2.75) is 12.1 Å². The SMILES string of the molecule is CN(C=N)C1=Cc2ccc3c(c2)C(=Cc2cccnc2[C@H]3N2CCN(S(C)(=O)=O)CC2)C1N. The first-order chi connectivity index (χ1) is 15.8. The minimum absolute atomic E-state index is 0.102. The molecule has 0 amide bonds. The number of nitrogens with one attached hydrogen (secondary N) is 1. The van der Waals surface area contributed by atoms with Crippen molar-refractivity contribution < 1.29 is 8.42 Å². The first kappa shape index (κ1) is 22.0. The van der Waals surface area contributed by atoms with Crippen molar-refractivity contribution in [2.24, 2.45) is 5.73 Å². The van der Waals surface area contributed by atoms with Crippen molar-refractivity contribution in [3.8, 4) is 0 Å². The number of piperazine rings is 1. The van der Waals surface area contributed by atoms with Gasteiger partial charge in [-0.1, -0.05) is 18.2 Å². The van der Waals surface area contributed by atoms with E-state index in [-0.39, 0.29) is 6.04 Å². The minimum atomic E-state index is -3.21. The van der Waals surface area contributed by atoms with Crippen LogP contribution in [0.25, 0.3) is 17.7 Å². The van der Waals surface area contributed by atoms with Crippen LogP contribution in [0.4, 0.5) is 0 Å². The largest absolute Gasteiger partial charge is 0.338 e. The number of hydrogen-bond acceptors (Lipinski definition) is 6. The predicted molar refractivity (Wildman–Crippen MR) is 131 cm³/mol. The van der Waals surface area contributed by atoms with Crippen LogP contribution in [0.1, 0.15) is 34.0 Å². The van der Waals surface area contributed by atoms with Crippen LogP contribution in [-0.4, -0.2) is 79.4 Å². The first-order valence-corrected chi connectivity index (χ1v) is 12.8. The van der Waals surface area contributed by atoms with E-state index >= 15 is 0 Å². The van der Waals surface area contributed by atoms with E-state index in [2.05, 4.69) is 35.2 Å². The summed E-state index contributed by atoms with van der Waals surface area (Å²) in [5, 5.41) is 7.73. The Balaban J connectivity index is 1.64. The lowest BCUT2D eigenvalue weighted by Gasteiger charge is -2.39. The molecule has 3 aliphatic rings. The zero-order valence-corrected chi connectivity index (χ0v) is 19.6. The van der Waals surface area contributed by atoms with Gasteiger partial charge < -0.3 is 10.6 Å². The maximum absolute atomic E-state index is 12.0. The Labute approximate surface area is 194 Å². The number of nitrogens with zero attached hydrogens (tertiary/aromatic N) is 4. The molecule has 2 aliphatic carbocycles. The molecular weight excluding hydrogens is 436 g/mol. The van der Waals surface area contributed by atoms with E-state index in [0.717, 1.165) is 39.2 Å². The highest BCUT2D eigenvalue weighted by atomic mass is 32.2. The summed E-state index contributed by atoms with van der Waals surface area (Å²) in [5.74, 6) is 0. The van der Waals surface area contributed by atoms with E-state index in [1.54, 1.807) is 9.21 Å². The molecule has 5 rings (SSSR count). The summed E-state index contributed by atoms with van der Waals surface area (Å²) in [4.78, 5) is 8.86. The van der Waals surface area contributed by atoms with Gasteiger partial charge in [0.25, 0.3) is 0 Å². The molecule has 33 heavy (non-hydrogen) atoms. The van der Waals surface area contributed by atoms with E-state index < -0.39 is 16.1 Å². The molecular formula is C24H28N6O2S. The summed E-state index contributed by atoms with van der Waals surface area (Å²) < 4.78 is 25.6. The maximum atomic E-state index is 12.0. The van der Waals surface area contributed by atoms with Gasteiger partial charge in [-0.3, -0.25) is 15.3 Å². The Morgan fingerprint density at radius 3 is 2.64 bits per heavy atom. The predicted octanol–water partition coefficient (Wildman–Crippen LogP) is 1.82. The topological polar surface area (TPSA) is 107 Å². The highest BCUT2D eigenvalue weighted by Crippen LogP contribution is 2.43. The van der Waals surface area contributed by atoms with Crippen molar-refractivity contribution in [2.75, 3.05) is 39.5 Å². The smallest absolute Gasteiger partial charge is 0.211 e. The van der Waals surface area contributed by atoms with Crippen LogP contribution in [-0.2, 0) is 10.0 Å². The summed E-state index contributed by atoms with van der Waals surface area (Å²) in [7, 11) is -1.37. The molecule has 172 valence electrons. The number of aromatic nitrogens is 1. The van der Waals surface area contributed by atoms with Crippen molar-refractivity contribution in [1.82, 2.24) is 19.1 Å². The summed E-state index contributed by atoms with van der Waals surface area (Å²) in [6.45, 7) is 2.16. The van der Waals surface area contributed by atoms with Gasteiger partial charge in [0.05, 0.1) is 30.4 Å². The van der Waals surface area contributed by atoms with E-state index in [4.69, 9.17) is 16.1 Å². The normalized spacial score (nSPS) is 23.0. The van der Waals surface area contributed by atoms with Crippen LogP contribution < -0.4 is 5.73 Å². The third kappa shape index (κ3) is 3.80. The lowest BCUT2D eigenvalue weighted by atomic mass is 9.91. The van der Waals surface area contributed by atoms with Crippen molar-refractivity contribution in [3.63, 3.8) is 0 Å². The van der Waals surface area contributed by atoms with Crippen LogP contribution in [0, 0.1) is 5.41 Å². The van der Waals surface area contributed by atoms with Gasteiger partial charge in [-0.05, 0) is 52.1 Å². The summed E-state index contributed by atoms with van der Waals surface area (Å²) in [5.41, 5.74) is 13.9. The fraction of sp³-hybridized carbons (Fsp3) is 0.333. The second-order valence-electron chi connectivity index (χ2n) is 8.81. The van der Waals surface area contributed by atoms with Gasteiger partial charge in [0, 0.05) is 45.1 Å². The third-order valence-corrected chi connectivity index (χ3v) is 8.10. The van der Waals surface area contributed by atoms with Crippen LogP contribution >= 0.6 is 0 Å². The van der Waals surface area contributed by atoms with E-state index in [0.29, 0.717) is 26.2 Å². The molecule has 0 saturated carbocycles. The van der Waals surface area contributed by atoms with Gasteiger partial charge in [-0.2, -0.15) is 4.31 Å². The number of fused-ring (bicyclic) bond motifs is 2. The Bertz CT molecular complexity index is 1280. The van der Waals surface area contributed by atoms with Crippen LogP contribution in [0.5, 0.6) is 0 Å². The van der Waals surface area contributed by atoms with Gasteiger partial charge >= 0.3 is 0 Å². The van der Waals surface area contributed by atoms with E-state index in [1.165, 1.54) is 12.6 Å². The Morgan fingerprint density at radius 2 is 1.94 bits per heavy atom. The number of likely N-dealkylation sites (N-methyl/N-ethyl adjacent to an activating group) is 1. The van der Waals surface area contributed by atoms with Gasteiger partial charge in [0.2, 0.25) is 10.0 Å². The molecule has 9 heteroatoms. The second kappa shape index (κ2) is 8.18. The monoisotopic (exact) mass is 464 g/mol. The molecule has 0 radical (unpaired) electrons. The number of hydrogen-bond donors (Lipinski definition) is 2. The number of sulfonamides is 1. The molecule has 1 aromatic heterocycles. The first-order valence-electron chi connectivity index (χ1n) is 11.0. The number of pyridine rings is 1. The highest BCUT2D eigenvalue weighted by Gasteiger charge is 2.36. The zero-order chi connectivity index (χ0) is 23.3. The molecule has 2 aromatic rings. The van der Waals surface area contributed by atoms with Gasteiger partial charge in [-0.15, -0.1) is 0 Å². The molecule has 1 fully saturated rings. The number of benzene rings is 1. The Kier molecular flexibility index (Phi) is 5.44. The zero-order valence-electron chi connectivity index (χ0n) is 18.8. The average Bonchev–Trinajstić information content (AvgIpc) is 3.01. The molecule has 1 unspecified atom stereocenters. The molecule has 1 saturated heterocycles. The maximum Gasteiger partial charge on any atom is 0.211 e. The van der Waals surface area contributed by atoms with Gasteiger partial charge in [-0.25, -0.2) is 8.42 Å². The number of rotatable bonds is 4. The van der Waals surface area contributed by atoms with Crippen LogP contribution in [0.2, 0.25) is 0 Å².